The number of rotatable bonds is 4. The molecule has 2 aromatic carbocycles. The Morgan fingerprint density at radius 2 is 1.54 bits per heavy atom. The van der Waals surface area contributed by atoms with Crippen molar-refractivity contribution < 1.29 is 19.2 Å². The first-order chi connectivity index (χ1) is 11.7. The van der Waals surface area contributed by atoms with Gasteiger partial charge in [-0.05, 0) is 11.6 Å². The van der Waals surface area contributed by atoms with Crippen LogP contribution in [0.5, 0.6) is 5.75 Å². The summed E-state index contributed by atoms with van der Waals surface area (Å²) in [6, 6.07) is 14.5. The molecule has 0 aliphatic carbocycles. The highest BCUT2D eigenvalue weighted by atomic mass is 16.7. The van der Waals surface area contributed by atoms with Crippen molar-refractivity contribution in [2.45, 2.75) is 0 Å². The van der Waals surface area contributed by atoms with Crippen molar-refractivity contribution in [2.75, 3.05) is 14.1 Å². The van der Waals surface area contributed by atoms with Crippen LogP contribution in [0.1, 0.15) is 5.56 Å². The summed E-state index contributed by atoms with van der Waals surface area (Å²) in [5.74, 6) is 0.407. The molecule has 0 atom stereocenters. The molecule has 0 bridgehead atoms. The van der Waals surface area contributed by atoms with Gasteiger partial charge in [0.05, 0.1) is 6.21 Å². The van der Waals surface area contributed by atoms with Crippen molar-refractivity contribution in [3.8, 4) is 16.9 Å². The van der Waals surface area contributed by atoms with Gasteiger partial charge in [-0.25, -0.2) is 9.59 Å². The topological polar surface area (TPSA) is 89.0 Å². The van der Waals surface area contributed by atoms with E-state index in [9.17, 15) is 9.59 Å². The Bertz CT molecular complexity index is 759. The van der Waals surface area contributed by atoms with Crippen molar-refractivity contribution in [1.82, 2.24) is 10.6 Å². The molecule has 2 amide bonds. The summed E-state index contributed by atoms with van der Waals surface area (Å²) < 4.78 is 5.27. The normalized spacial score (nSPS) is 10.2. The number of hydrogen-bond acceptors (Lipinski definition) is 5. The average molecular weight is 327 g/mol. The summed E-state index contributed by atoms with van der Waals surface area (Å²) in [7, 11) is 2.93. The van der Waals surface area contributed by atoms with Gasteiger partial charge in [-0.15, -0.1) is 0 Å². The smallest absolute Gasteiger partial charge is 0.410 e. The van der Waals surface area contributed by atoms with Gasteiger partial charge in [0.15, 0.2) is 0 Å². The van der Waals surface area contributed by atoms with Crippen LogP contribution < -0.4 is 15.4 Å². The number of carbonyl (C=O) groups is 2. The third kappa shape index (κ3) is 4.33. The fraction of sp³-hybridized carbons (Fsp3) is 0.118. The second-order valence-electron chi connectivity index (χ2n) is 4.59. The minimum absolute atomic E-state index is 0.407. The van der Waals surface area contributed by atoms with Crippen molar-refractivity contribution in [2.24, 2.45) is 5.16 Å². The van der Waals surface area contributed by atoms with Gasteiger partial charge in [-0.1, -0.05) is 47.6 Å². The molecule has 124 valence electrons. The lowest BCUT2D eigenvalue weighted by molar-refractivity contribution is 0.154. The molecule has 0 fully saturated rings. The summed E-state index contributed by atoms with van der Waals surface area (Å²) in [5.41, 5.74) is 2.19. The summed E-state index contributed by atoms with van der Waals surface area (Å²) in [6.45, 7) is 0. The Kier molecular flexibility index (Phi) is 5.90. The van der Waals surface area contributed by atoms with Crippen LogP contribution in [0.3, 0.4) is 0 Å². The molecule has 0 heterocycles. The molecule has 0 aliphatic heterocycles. The summed E-state index contributed by atoms with van der Waals surface area (Å²) in [6.07, 6.45) is 0.199. The van der Waals surface area contributed by atoms with Gasteiger partial charge >= 0.3 is 12.2 Å². The predicted molar refractivity (Wildman–Crippen MR) is 90.1 cm³/mol. The van der Waals surface area contributed by atoms with E-state index in [1.165, 1.54) is 20.3 Å². The van der Waals surface area contributed by atoms with Gasteiger partial charge < -0.3 is 15.4 Å². The summed E-state index contributed by atoms with van der Waals surface area (Å²) >= 11 is 0. The molecule has 0 saturated carbocycles. The van der Waals surface area contributed by atoms with Crippen molar-refractivity contribution in [3.05, 3.63) is 54.1 Å². The Morgan fingerprint density at radius 1 is 0.917 bits per heavy atom. The average Bonchev–Trinajstić information content (AvgIpc) is 2.62. The molecule has 7 heteroatoms. The van der Waals surface area contributed by atoms with Gasteiger partial charge in [0.1, 0.15) is 5.75 Å². The van der Waals surface area contributed by atoms with Crippen LogP contribution in [0.25, 0.3) is 11.1 Å². The maximum absolute atomic E-state index is 11.5. The summed E-state index contributed by atoms with van der Waals surface area (Å²) in [4.78, 5) is 27.2. The lowest BCUT2D eigenvalue weighted by atomic mass is 9.99. The number of nitrogens with one attached hydrogen (secondary N) is 2. The number of benzene rings is 2. The molecule has 0 radical (unpaired) electrons. The number of ether oxygens (including phenoxy) is 1. The number of amides is 2. The van der Waals surface area contributed by atoms with Gasteiger partial charge in [0, 0.05) is 25.2 Å². The minimum atomic E-state index is -0.660. The quantitative estimate of drug-likeness (QED) is 0.513. The van der Waals surface area contributed by atoms with Crippen LogP contribution in [0.15, 0.2) is 53.7 Å². The molecule has 0 spiro atoms. The van der Waals surface area contributed by atoms with Gasteiger partial charge in [-0.2, -0.15) is 0 Å². The zero-order chi connectivity index (χ0) is 17.4. The van der Waals surface area contributed by atoms with Crippen LogP contribution in [-0.2, 0) is 4.84 Å². The van der Waals surface area contributed by atoms with Crippen molar-refractivity contribution in [3.63, 3.8) is 0 Å². The lowest BCUT2D eigenvalue weighted by Crippen LogP contribution is -2.22. The molecular formula is C17H17N3O4. The predicted octanol–water partition coefficient (Wildman–Crippen LogP) is 2.76. The van der Waals surface area contributed by atoms with Crippen LogP contribution in [0.2, 0.25) is 0 Å². The highest BCUT2D eigenvalue weighted by Crippen LogP contribution is 2.31. The number of nitrogens with zero attached hydrogens (tertiary/aromatic N) is 1. The van der Waals surface area contributed by atoms with Gasteiger partial charge in [0.2, 0.25) is 0 Å². The molecule has 2 aromatic rings. The Balaban J connectivity index is 2.36. The number of hydrogen-bond donors (Lipinski definition) is 2. The van der Waals surface area contributed by atoms with E-state index >= 15 is 0 Å². The number of oxime groups is 1. The van der Waals surface area contributed by atoms with E-state index in [0.29, 0.717) is 16.9 Å². The highest BCUT2D eigenvalue weighted by molar-refractivity contribution is 5.92. The highest BCUT2D eigenvalue weighted by Gasteiger charge is 2.11. The van der Waals surface area contributed by atoms with Crippen molar-refractivity contribution >= 4 is 18.4 Å². The third-order valence-corrected chi connectivity index (χ3v) is 3.08. The monoisotopic (exact) mass is 327 g/mol. The standard InChI is InChI=1S/C17H17N3O4/c1-18-16(21)23-15-10-6-5-9-14(15)13-8-4-3-7-12(13)11-20-24-17(22)19-2/h3-11H,1-2H3,(H,18,21)(H,19,22)/b20-11+. The van der Waals surface area contributed by atoms with Crippen LogP contribution in [-0.4, -0.2) is 32.5 Å². The molecule has 2 rings (SSSR count). The Labute approximate surface area is 139 Å². The maximum atomic E-state index is 11.5. The molecule has 0 saturated heterocycles. The first-order valence-corrected chi connectivity index (χ1v) is 7.15. The minimum Gasteiger partial charge on any atom is -0.410 e. The molecule has 0 aromatic heterocycles. The van der Waals surface area contributed by atoms with E-state index < -0.39 is 12.2 Å². The Hall–Kier alpha value is -3.35. The first-order valence-electron chi connectivity index (χ1n) is 7.15. The molecule has 0 aliphatic rings. The second-order valence-corrected chi connectivity index (χ2v) is 4.59. The zero-order valence-electron chi connectivity index (χ0n) is 13.3. The third-order valence-electron chi connectivity index (χ3n) is 3.08. The summed E-state index contributed by atoms with van der Waals surface area (Å²) in [5, 5.41) is 8.35. The zero-order valence-corrected chi connectivity index (χ0v) is 13.3. The van der Waals surface area contributed by atoms with Gasteiger partial charge in [-0.3, -0.25) is 4.84 Å². The van der Waals surface area contributed by atoms with E-state index in [2.05, 4.69) is 20.6 Å². The van der Waals surface area contributed by atoms with Crippen LogP contribution >= 0.6 is 0 Å². The van der Waals surface area contributed by atoms with E-state index in [0.717, 1.165) is 5.56 Å². The second kappa shape index (κ2) is 8.33. The van der Waals surface area contributed by atoms with E-state index in [-0.39, 0.29) is 0 Å². The SMILES string of the molecule is CNC(=O)O/N=C/c1ccccc1-c1ccccc1OC(=O)NC. The molecule has 2 N–H and O–H groups in total. The van der Waals surface area contributed by atoms with Gasteiger partial charge in [0.25, 0.3) is 0 Å². The molecule has 24 heavy (non-hydrogen) atoms. The van der Waals surface area contributed by atoms with Crippen molar-refractivity contribution in [1.29, 1.82) is 0 Å². The van der Waals surface area contributed by atoms with Crippen LogP contribution in [0.4, 0.5) is 9.59 Å². The lowest BCUT2D eigenvalue weighted by Gasteiger charge is -2.11. The fourth-order valence-corrected chi connectivity index (χ4v) is 1.96. The largest absolute Gasteiger partial charge is 0.433 e. The maximum Gasteiger partial charge on any atom is 0.433 e. The van der Waals surface area contributed by atoms with E-state index in [1.807, 2.05) is 36.4 Å². The number of para-hydroxylation sites is 1. The number of carbonyl (C=O) groups excluding carboxylic acids is 2. The first kappa shape index (κ1) is 17.0. The Morgan fingerprint density at radius 3 is 2.25 bits per heavy atom. The van der Waals surface area contributed by atoms with E-state index in [1.54, 1.807) is 12.1 Å². The van der Waals surface area contributed by atoms with E-state index in [4.69, 9.17) is 4.74 Å². The molecular weight excluding hydrogens is 310 g/mol. The molecule has 7 nitrogen and oxygen atoms in total. The fourth-order valence-electron chi connectivity index (χ4n) is 1.96. The molecule has 0 unspecified atom stereocenters. The van der Waals surface area contributed by atoms with Crippen LogP contribution in [0, 0.1) is 0 Å².